The van der Waals surface area contributed by atoms with Gasteiger partial charge in [-0.2, -0.15) is 5.26 Å². The van der Waals surface area contributed by atoms with Gasteiger partial charge in [-0.1, -0.05) is 6.07 Å². The SMILES string of the molecule is CC(C)[n+]1c(N)c(C#N)cc2c(=O)n3ccccc3cc21. The van der Waals surface area contributed by atoms with Crippen molar-refractivity contribution < 1.29 is 4.57 Å². The molecule has 0 aliphatic rings. The Kier molecular flexibility index (Phi) is 2.88. The van der Waals surface area contributed by atoms with Gasteiger partial charge in [-0.25, -0.2) is 4.57 Å². The van der Waals surface area contributed by atoms with E-state index in [1.165, 1.54) is 0 Å². The van der Waals surface area contributed by atoms with Gasteiger partial charge in [0.25, 0.3) is 11.4 Å². The third-order valence-corrected chi connectivity index (χ3v) is 3.62. The van der Waals surface area contributed by atoms with E-state index in [9.17, 15) is 10.1 Å². The van der Waals surface area contributed by atoms with E-state index >= 15 is 0 Å². The summed E-state index contributed by atoms with van der Waals surface area (Å²) < 4.78 is 3.41. The van der Waals surface area contributed by atoms with Crippen molar-refractivity contribution in [3.05, 3.63) is 52.4 Å². The molecular formula is C16H15N4O+. The summed E-state index contributed by atoms with van der Waals surface area (Å²) in [5, 5.41) is 9.73. The van der Waals surface area contributed by atoms with Crippen LogP contribution in [0.3, 0.4) is 0 Å². The molecule has 3 aromatic rings. The zero-order chi connectivity index (χ0) is 15.1. The van der Waals surface area contributed by atoms with E-state index in [2.05, 4.69) is 6.07 Å². The van der Waals surface area contributed by atoms with Crippen molar-refractivity contribution in [3.8, 4) is 6.07 Å². The van der Waals surface area contributed by atoms with Gasteiger partial charge in [-0.3, -0.25) is 14.9 Å². The molecule has 0 bridgehead atoms. The fraction of sp³-hybridized carbons (Fsp3) is 0.188. The second-order valence-electron chi connectivity index (χ2n) is 5.26. The van der Waals surface area contributed by atoms with Crippen LogP contribution in [0.25, 0.3) is 16.4 Å². The molecule has 0 unspecified atom stereocenters. The molecule has 0 radical (unpaired) electrons. The summed E-state index contributed by atoms with van der Waals surface area (Å²) in [6.07, 6.45) is 1.72. The molecule has 3 heterocycles. The van der Waals surface area contributed by atoms with Crippen molar-refractivity contribution in [2.45, 2.75) is 19.9 Å². The highest BCUT2D eigenvalue weighted by atomic mass is 16.1. The average Bonchev–Trinajstić information content (AvgIpc) is 2.46. The van der Waals surface area contributed by atoms with Crippen molar-refractivity contribution in [1.82, 2.24) is 4.40 Å². The number of aromatic nitrogens is 2. The van der Waals surface area contributed by atoms with Gasteiger partial charge in [-0.05, 0) is 32.0 Å². The van der Waals surface area contributed by atoms with Gasteiger partial charge in [0, 0.05) is 12.3 Å². The number of nitriles is 1. The number of nitrogens with two attached hydrogens (primary N) is 1. The molecule has 3 aromatic heterocycles. The van der Waals surface area contributed by atoms with Crippen LogP contribution in [0.5, 0.6) is 0 Å². The van der Waals surface area contributed by atoms with Crippen LogP contribution in [0, 0.1) is 11.3 Å². The van der Waals surface area contributed by atoms with Gasteiger partial charge >= 0.3 is 0 Å². The molecule has 0 spiro atoms. The molecule has 0 atom stereocenters. The molecule has 5 heteroatoms. The molecule has 3 rings (SSSR count). The molecular weight excluding hydrogens is 264 g/mol. The molecule has 104 valence electrons. The average molecular weight is 279 g/mol. The van der Waals surface area contributed by atoms with Gasteiger partial charge in [0.2, 0.25) is 0 Å². The van der Waals surface area contributed by atoms with Crippen LogP contribution in [0.4, 0.5) is 5.82 Å². The Balaban J connectivity index is 2.63. The molecule has 0 aliphatic heterocycles. The van der Waals surface area contributed by atoms with Crippen LogP contribution < -0.4 is 15.9 Å². The van der Waals surface area contributed by atoms with Crippen molar-refractivity contribution in [2.75, 3.05) is 5.73 Å². The van der Waals surface area contributed by atoms with E-state index in [4.69, 9.17) is 5.73 Å². The van der Waals surface area contributed by atoms with Crippen LogP contribution in [0.2, 0.25) is 0 Å². The predicted molar refractivity (Wildman–Crippen MR) is 80.9 cm³/mol. The number of nitrogens with zero attached hydrogens (tertiary/aromatic N) is 3. The van der Waals surface area contributed by atoms with E-state index in [1.54, 1.807) is 22.7 Å². The number of nitrogen functional groups attached to an aromatic ring is 1. The first kappa shape index (κ1) is 13.1. The van der Waals surface area contributed by atoms with E-state index in [0.29, 0.717) is 16.8 Å². The molecule has 0 aromatic carbocycles. The summed E-state index contributed by atoms with van der Waals surface area (Å²) in [6.45, 7) is 3.95. The van der Waals surface area contributed by atoms with E-state index < -0.39 is 0 Å². The highest BCUT2D eigenvalue weighted by molar-refractivity contribution is 5.81. The minimum atomic E-state index is -0.144. The molecule has 0 aliphatic carbocycles. The number of pyridine rings is 3. The minimum absolute atomic E-state index is 0.0476. The Bertz CT molecular complexity index is 964. The summed E-state index contributed by atoms with van der Waals surface area (Å²) in [4.78, 5) is 12.6. The number of hydrogen-bond acceptors (Lipinski definition) is 3. The monoisotopic (exact) mass is 279 g/mol. The minimum Gasteiger partial charge on any atom is -0.286 e. The van der Waals surface area contributed by atoms with Crippen molar-refractivity contribution >= 4 is 22.2 Å². The summed E-state index contributed by atoms with van der Waals surface area (Å²) in [6, 6.07) is 11.2. The first-order valence-corrected chi connectivity index (χ1v) is 6.73. The normalized spacial score (nSPS) is 11.1. The number of anilines is 1. The van der Waals surface area contributed by atoms with E-state index in [-0.39, 0.29) is 11.6 Å². The standard InChI is InChI=1S/C16H14N4O/c1-10(2)20-14-8-12-5-3-4-6-19(12)16(21)13(14)7-11(9-17)15(20)18/h3-8,10,18H,1-2H3/p+1. The number of fused-ring (bicyclic) bond motifs is 2. The fourth-order valence-corrected chi connectivity index (χ4v) is 2.67. The van der Waals surface area contributed by atoms with Crippen molar-refractivity contribution in [2.24, 2.45) is 0 Å². The molecule has 0 saturated heterocycles. The number of rotatable bonds is 1. The fourth-order valence-electron chi connectivity index (χ4n) is 2.67. The zero-order valence-corrected chi connectivity index (χ0v) is 11.9. The first-order chi connectivity index (χ1) is 10.0. The lowest BCUT2D eigenvalue weighted by atomic mass is 10.1. The third-order valence-electron chi connectivity index (χ3n) is 3.62. The third kappa shape index (κ3) is 1.84. The number of hydrogen-bond donors (Lipinski definition) is 1. The lowest BCUT2D eigenvalue weighted by molar-refractivity contribution is -0.677. The highest BCUT2D eigenvalue weighted by Gasteiger charge is 2.21. The van der Waals surface area contributed by atoms with Crippen LogP contribution in [0.15, 0.2) is 41.3 Å². The Hall–Kier alpha value is -2.87. The second-order valence-corrected chi connectivity index (χ2v) is 5.26. The Morgan fingerprint density at radius 2 is 2.10 bits per heavy atom. The molecule has 2 N–H and O–H groups in total. The van der Waals surface area contributed by atoms with Crippen molar-refractivity contribution in [1.29, 1.82) is 5.26 Å². The van der Waals surface area contributed by atoms with Crippen LogP contribution in [0.1, 0.15) is 25.5 Å². The lowest BCUT2D eigenvalue weighted by Gasteiger charge is -2.12. The van der Waals surface area contributed by atoms with Gasteiger partial charge in [-0.15, -0.1) is 0 Å². The first-order valence-electron chi connectivity index (χ1n) is 6.73. The molecule has 0 saturated carbocycles. The van der Waals surface area contributed by atoms with Crippen LogP contribution in [-0.2, 0) is 0 Å². The summed E-state index contributed by atoms with van der Waals surface area (Å²) in [5.74, 6) is 0.389. The Labute approximate surface area is 121 Å². The largest absolute Gasteiger partial charge is 0.291 e. The molecule has 5 nitrogen and oxygen atoms in total. The summed E-state index contributed by atoms with van der Waals surface area (Å²) >= 11 is 0. The van der Waals surface area contributed by atoms with Gasteiger partial charge in [0.05, 0.1) is 16.9 Å². The quantitative estimate of drug-likeness (QED) is 0.545. The van der Waals surface area contributed by atoms with Crippen LogP contribution in [-0.4, -0.2) is 4.40 Å². The predicted octanol–water partition coefficient (Wildman–Crippen LogP) is 1.77. The zero-order valence-electron chi connectivity index (χ0n) is 11.9. The van der Waals surface area contributed by atoms with Crippen molar-refractivity contribution in [3.63, 3.8) is 0 Å². The Morgan fingerprint density at radius 1 is 1.33 bits per heavy atom. The topological polar surface area (TPSA) is 75.2 Å². The van der Waals surface area contributed by atoms with Gasteiger partial charge in [0.15, 0.2) is 0 Å². The van der Waals surface area contributed by atoms with Gasteiger partial charge in [0.1, 0.15) is 17.1 Å². The molecule has 0 amide bonds. The lowest BCUT2D eigenvalue weighted by Crippen LogP contribution is -2.42. The Morgan fingerprint density at radius 3 is 2.76 bits per heavy atom. The highest BCUT2D eigenvalue weighted by Crippen LogP contribution is 2.17. The summed E-state index contributed by atoms with van der Waals surface area (Å²) in [5.41, 5.74) is 7.81. The summed E-state index contributed by atoms with van der Waals surface area (Å²) in [7, 11) is 0. The maximum Gasteiger partial charge on any atom is 0.291 e. The second kappa shape index (κ2) is 4.60. The van der Waals surface area contributed by atoms with Gasteiger partial charge < -0.3 is 0 Å². The maximum atomic E-state index is 12.6. The van der Waals surface area contributed by atoms with E-state index in [0.717, 1.165) is 11.0 Å². The smallest absolute Gasteiger partial charge is 0.286 e. The van der Waals surface area contributed by atoms with Crippen LogP contribution >= 0.6 is 0 Å². The maximum absolute atomic E-state index is 12.6. The molecule has 0 fully saturated rings. The van der Waals surface area contributed by atoms with E-state index in [1.807, 2.05) is 36.6 Å². The molecule has 21 heavy (non-hydrogen) atoms.